The van der Waals surface area contributed by atoms with E-state index in [1.807, 2.05) is 18.3 Å². The number of carbonyl (C=O) groups excluding carboxylic acids is 4. The molecule has 0 radical (unpaired) electrons. The minimum atomic E-state index is -0.988. The lowest BCUT2D eigenvalue weighted by Gasteiger charge is -2.35. The second-order valence-corrected chi connectivity index (χ2v) is 10.8. The summed E-state index contributed by atoms with van der Waals surface area (Å²) in [5, 5.41) is 5.53. The first-order valence-electron chi connectivity index (χ1n) is 14.2. The van der Waals surface area contributed by atoms with E-state index in [0.29, 0.717) is 18.8 Å². The minimum absolute atomic E-state index is 0.0859. The van der Waals surface area contributed by atoms with Gasteiger partial charge in [0.1, 0.15) is 11.9 Å². The number of benzene rings is 2. The average molecular weight is 568 g/mol. The summed E-state index contributed by atoms with van der Waals surface area (Å²) < 4.78 is 0. The second kappa shape index (κ2) is 11.7. The van der Waals surface area contributed by atoms with Crippen molar-refractivity contribution < 1.29 is 19.2 Å². The van der Waals surface area contributed by atoms with Crippen molar-refractivity contribution >= 4 is 35.1 Å². The highest BCUT2D eigenvalue weighted by atomic mass is 16.2. The molecular weight excluding hydrogens is 534 g/mol. The topological polar surface area (TPSA) is 141 Å². The Kier molecular flexibility index (Phi) is 7.68. The molecule has 42 heavy (non-hydrogen) atoms. The molecule has 0 aliphatic carbocycles. The number of pyridine rings is 1. The van der Waals surface area contributed by atoms with E-state index in [1.54, 1.807) is 18.2 Å². The van der Waals surface area contributed by atoms with Crippen LogP contribution in [-0.4, -0.2) is 70.6 Å². The molecule has 0 saturated carbocycles. The molecule has 6 rings (SSSR count). The zero-order valence-electron chi connectivity index (χ0n) is 23.2. The van der Waals surface area contributed by atoms with E-state index in [-0.39, 0.29) is 24.0 Å². The van der Waals surface area contributed by atoms with Crippen LogP contribution < -0.4 is 21.3 Å². The van der Waals surface area contributed by atoms with E-state index in [2.05, 4.69) is 49.7 Å². The van der Waals surface area contributed by atoms with Crippen LogP contribution in [0.4, 0.5) is 11.5 Å². The highest BCUT2D eigenvalue weighted by Crippen LogP contribution is 2.32. The van der Waals surface area contributed by atoms with Crippen LogP contribution in [-0.2, 0) is 29.2 Å². The van der Waals surface area contributed by atoms with Crippen molar-refractivity contribution in [1.82, 2.24) is 20.1 Å². The van der Waals surface area contributed by atoms with Gasteiger partial charge in [0.15, 0.2) is 0 Å². The van der Waals surface area contributed by atoms with E-state index < -0.39 is 29.7 Å². The van der Waals surface area contributed by atoms with Crippen molar-refractivity contribution in [2.45, 2.75) is 38.5 Å². The maximum absolute atomic E-state index is 13.3. The van der Waals surface area contributed by atoms with Gasteiger partial charge in [0.2, 0.25) is 11.8 Å². The summed E-state index contributed by atoms with van der Waals surface area (Å²) in [6.45, 7) is 5.55. The van der Waals surface area contributed by atoms with Crippen LogP contribution >= 0.6 is 0 Å². The molecule has 3 aliphatic heterocycles. The third-order valence-electron chi connectivity index (χ3n) is 8.12. The third kappa shape index (κ3) is 5.48. The van der Waals surface area contributed by atoms with Gasteiger partial charge in [0.25, 0.3) is 11.8 Å². The number of piperidine rings is 1. The zero-order valence-corrected chi connectivity index (χ0v) is 23.2. The molecule has 0 unspecified atom stereocenters. The lowest BCUT2D eigenvalue weighted by Crippen LogP contribution is -2.54. The summed E-state index contributed by atoms with van der Waals surface area (Å²) in [5.41, 5.74) is 10.0. The molecule has 216 valence electrons. The monoisotopic (exact) mass is 567 g/mol. The van der Waals surface area contributed by atoms with Gasteiger partial charge in [-0.25, -0.2) is 4.98 Å². The second-order valence-electron chi connectivity index (χ2n) is 10.8. The van der Waals surface area contributed by atoms with E-state index >= 15 is 0 Å². The van der Waals surface area contributed by atoms with Gasteiger partial charge in [0, 0.05) is 64.1 Å². The number of piperazine rings is 1. The van der Waals surface area contributed by atoms with Gasteiger partial charge in [-0.2, -0.15) is 0 Å². The van der Waals surface area contributed by atoms with Crippen LogP contribution in [0.3, 0.4) is 0 Å². The number of imide groups is 2. The van der Waals surface area contributed by atoms with E-state index in [0.717, 1.165) is 54.6 Å². The van der Waals surface area contributed by atoms with Gasteiger partial charge < -0.3 is 16.0 Å². The Morgan fingerprint density at radius 3 is 2.31 bits per heavy atom. The Labute approximate surface area is 243 Å². The molecule has 0 spiro atoms. The molecule has 2 aromatic carbocycles. The summed E-state index contributed by atoms with van der Waals surface area (Å²) in [6, 6.07) is 16.5. The standard InChI is InChI=1S/C31H33N7O4/c32-16-22-8-10-26(34-18-22)37-14-12-36(13-15-37)19-21-6-4-20(5-7-21)17-33-24-3-1-2-23-28(24)31(42)38(30(23)41)25-9-11-27(39)35-29(25)40/h1-8,10,18,25,33H,9,11-17,19,32H2,(H,35,39,40)/t25-/m1/s1. The molecular formula is C31H33N7O4. The molecule has 4 N–H and O–H groups in total. The Balaban J connectivity index is 1.04. The Bertz CT molecular complexity index is 1520. The molecule has 11 nitrogen and oxygen atoms in total. The molecule has 2 saturated heterocycles. The summed E-state index contributed by atoms with van der Waals surface area (Å²) in [7, 11) is 0. The fraction of sp³-hybridized carbons (Fsp3) is 0.323. The number of nitrogens with two attached hydrogens (primary N) is 1. The Morgan fingerprint density at radius 2 is 1.62 bits per heavy atom. The number of nitrogens with zero attached hydrogens (tertiary/aromatic N) is 4. The minimum Gasteiger partial charge on any atom is -0.380 e. The molecule has 1 atom stereocenters. The number of anilines is 2. The number of fused-ring (bicyclic) bond motifs is 1. The summed E-state index contributed by atoms with van der Waals surface area (Å²) in [4.78, 5) is 60.6. The van der Waals surface area contributed by atoms with Gasteiger partial charge in [-0.1, -0.05) is 36.4 Å². The van der Waals surface area contributed by atoms with Gasteiger partial charge in [-0.3, -0.25) is 34.3 Å². The highest BCUT2D eigenvalue weighted by Gasteiger charge is 2.45. The number of rotatable bonds is 8. The first kappa shape index (κ1) is 27.6. The van der Waals surface area contributed by atoms with Crippen molar-refractivity contribution in [2.75, 3.05) is 36.4 Å². The normalized spacial score (nSPS) is 19.2. The predicted octanol–water partition coefficient (Wildman–Crippen LogP) is 1.88. The highest BCUT2D eigenvalue weighted by molar-refractivity contribution is 6.25. The van der Waals surface area contributed by atoms with E-state index in [9.17, 15) is 19.2 Å². The van der Waals surface area contributed by atoms with Crippen molar-refractivity contribution in [3.8, 4) is 0 Å². The number of carbonyl (C=O) groups is 4. The smallest absolute Gasteiger partial charge is 0.264 e. The maximum atomic E-state index is 13.3. The number of aromatic nitrogens is 1. The molecule has 2 fully saturated rings. The van der Waals surface area contributed by atoms with Crippen LogP contribution in [0, 0.1) is 0 Å². The van der Waals surface area contributed by atoms with Crippen LogP contribution in [0.1, 0.15) is 50.2 Å². The van der Waals surface area contributed by atoms with Crippen molar-refractivity contribution in [1.29, 1.82) is 0 Å². The summed E-state index contributed by atoms with van der Waals surface area (Å²) >= 11 is 0. The van der Waals surface area contributed by atoms with Crippen LogP contribution in [0.25, 0.3) is 0 Å². The van der Waals surface area contributed by atoms with Gasteiger partial charge in [-0.15, -0.1) is 0 Å². The molecule has 4 heterocycles. The van der Waals surface area contributed by atoms with Gasteiger partial charge in [-0.05, 0) is 41.3 Å². The fourth-order valence-corrected chi connectivity index (χ4v) is 5.74. The molecule has 3 aromatic rings. The lowest BCUT2D eigenvalue weighted by atomic mass is 10.0. The first-order chi connectivity index (χ1) is 20.4. The van der Waals surface area contributed by atoms with Gasteiger partial charge >= 0.3 is 0 Å². The number of hydrogen-bond acceptors (Lipinski definition) is 9. The largest absolute Gasteiger partial charge is 0.380 e. The fourth-order valence-electron chi connectivity index (χ4n) is 5.74. The van der Waals surface area contributed by atoms with E-state index in [1.165, 1.54) is 5.56 Å². The quantitative estimate of drug-likeness (QED) is 0.348. The summed E-state index contributed by atoms with van der Waals surface area (Å²) in [5.74, 6) is -1.06. The molecule has 3 aliphatic rings. The Hall–Kier alpha value is -4.61. The summed E-state index contributed by atoms with van der Waals surface area (Å²) in [6.07, 6.45) is 2.06. The zero-order chi connectivity index (χ0) is 29.2. The van der Waals surface area contributed by atoms with Crippen LogP contribution in [0.2, 0.25) is 0 Å². The molecule has 11 heteroatoms. The SMILES string of the molecule is NCc1ccc(N2CCN(Cc3ccc(CNc4cccc5c4C(=O)N([C@@H]4CCC(=O)NC4=O)C5=O)cc3)CC2)nc1. The Morgan fingerprint density at radius 1 is 0.881 bits per heavy atom. The molecule has 1 aromatic heterocycles. The molecule has 4 amide bonds. The predicted molar refractivity (Wildman–Crippen MR) is 157 cm³/mol. The van der Waals surface area contributed by atoms with Gasteiger partial charge in [0.05, 0.1) is 11.1 Å². The van der Waals surface area contributed by atoms with Crippen LogP contribution in [0.5, 0.6) is 0 Å². The third-order valence-corrected chi connectivity index (χ3v) is 8.12. The average Bonchev–Trinajstić information content (AvgIpc) is 3.27. The van der Waals surface area contributed by atoms with Crippen molar-refractivity contribution in [3.63, 3.8) is 0 Å². The maximum Gasteiger partial charge on any atom is 0.264 e. The lowest BCUT2D eigenvalue weighted by molar-refractivity contribution is -0.136. The molecule has 0 bridgehead atoms. The van der Waals surface area contributed by atoms with Crippen molar-refractivity contribution in [2.24, 2.45) is 5.73 Å². The number of nitrogens with one attached hydrogen (secondary N) is 2. The first-order valence-corrected chi connectivity index (χ1v) is 14.2. The van der Waals surface area contributed by atoms with Crippen LogP contribution in [0.15, 0.2) is 60.8 Å². The number of amides is 4. The van der Waals surface area contributed by atoms with Crippen molar-refractivity contribution in [3.05, 3.63) is 88.6 Å². The van der Waals surface area contributed by atoms with E-state index in [4.69, 9.17) is 5.73 Å². The number of hydrogen-bond donors (Lipinski definition) is 3.